The molecule has 3 aromatic rings. The number of nitrogens with one attached hydrogen (secondary N) is 1. The molecule has 0 bridgehead atoms. The Bertz CT molecular complexity index is 1210. The van der Waals surface area contributed by atoms with Gasteiger partial charge in [0.05, 0.1) is 16.8 Å². The molecular formula is C23H27N5O3S. The summed E-state index contributed by atoms with van der Waals surface area (Å²) in [6.45, 7) is 6.77. The minimum atomic E-state index is -3.67. The first kappa shape index (κ1) is 22.2. The third-order valence-corrected chi connectivity index (χ3v) is 8.04. The second kappa shape index (κ2) is 8.84. The molecule has 32 heavy (non-hydrogen) atoms. The smallest absolute Gasteiger partial charge is 0.255 e. The molecule has 9 heteroatoms. The predicted molar refractivity (Wildman–Crippen MR) is 122 cm³/mol. The van der Waals surface area contributed by atoms with Crippen molar-refractivity contribution in [2.45, 2.75) is 38.5 Å². The number of imidazole rings is 1. The van der Waals surface area contributed by atoms with Crippen molar-refractivity contribution in [2.75, 3.05) is 18.4 Å². The van der Waals surface area contributed by atoms with Crippen LogP contribution in [0.25, 0.3) is 5.82 Å². The molecule has 168 valence electrons. The van der Waals surface area contributed by atoms with Crippen molar-refractivity contribution >= 4 is 21.6 Å². The minimum Gasteiger partial charge on any atom is -0.321 e. The van der Waals surface area contributed by atoms with Crippen molar-refractivity contribution in [2.24, 2.45) is 5.92 Å². The fraction of sp³-hybridized carbons (Fsp3) is 0.348. The molecule has 1 saturated heterocycles. The molecule has 1 aliphatic heterocycles. The standard InChI is InChI=1S/C23H27N5O3S/c1-16-6-9-28(10-7-16)32(30,31)21-13-19(12-17(2)18(21)3)23(29)26-20-4-5-22(25-14-20)27-11-8-24-15-27/h4-5,8,11-16H,6-7,9-10H2,1-3H3,(H,26,29). The molecule has 0 saturated carbocycles. The number of amides is 1. The number of carbonyl (C=O) groups excluding carboxylic acids is 1. The lowest BCUT2D eigenvalue weighted by Crippen LogP contribution is -2.38. The number of sulfonamides is 1. The normalized spacial score (nSPS) is 15.6. The third kappa shape index (κ3) is 4.44. The number of anilines is 1. The maximum absolute atomic E-state index is 13.3. The summed E-state index contributed by atoms with van der Waals surface area (Å²) < 4.78 is 29.9. The molecule has 1 amide bonds. The second-order valence-corrected chi connectivity index (χ2v) is 10.2. The van der Waals surface area contributed by atoms with Gasteiger partial charge < -0.3 is 5.32 Å². The number of pyridine rings is 1. The van der Waals surface area contributed by atoms with Crippen LogP contribution in [0.1, 0.15) is 41.3 Å². The van der Waals surface area contributed by atoms with Gasteiger partial charge in [-0.1, -0.05) is 6.92 Å². The van der Waals surface area contributed by atoms with E-state index in [1.54, 1.807) is 54.6 Å². The topological polar surface area (TPSA) is 97.2 Å². The number of hydrogen-bond acceptors (Lipinski definition) is 5. The first-order chi connectivity index (χ1) is 15.3. The van der Waals surface area contributed by atoms with E-state index in [-0.39, 0.29) is 10.8 Å². The lowest BCUT2D eigenvalue weighted by Gasteiger charge is -2.30. The largest absolute Gasteiger partial charge is 0.321 e. The van der Waals surface area contributed by atoms with Crippen LogP contribution < -0.4 is 5.32 Å². The zero-order valence-electron chi connectivity index (χ0n) is 18.4. The van der Waals surface area contributed by atoms with Crippen LogP contribution in [0.5, 0.6) is 0 Å². The maximum Gasteiger partial charge on any atom is 0.255 e. The molecule has 0 atom stereocenters. The van der Waals surface area contributed by atoms with Gasteiger partial charge in [-0.2, -0.15) is 4.31 Å². The zero-order chi connectivity index (χ0) is 22.9. The van der Waals surface area contributed by atoms with Crippen LogP contribution in [0, 0.1) is 19.8 Å². The Kier molecular flexibility index (Phi) is 6.12. The third-order valence-electron chi connectivity index (χ3n) is 6.02. The maximum atomic E-state index is 13.3. The van der Waals surface area contributed by atoms with Crippen LogP contribution in [0.3, 0.4) is 0 Å². The molecule has 2 aromatic heterocycles. The van der Waals surface area contributed by atoms with E-state index in [2.05, 4.69) is 22.2 Å². The number of benzene rings is 1. The summed E-state index contributed by atoms with van der Waals surface area (Å²) in [6, 6.07) is 6.71. The molecule has 1 aromatic carbocycles. The molecular weight excluding hydrogens is 426 g/mol. The van der Waals surface area contributed by atoms with Crippen molar-refractivity contribution in [3.05, 3.63) is 65.9 Å². The highest BCUT2D eigenvalue weighted by molar-refractivity contribution is 7.89. The van der Waals surface area contributed by atoms with Crippen LogP contribution in [-0.4, -0.2) is 46.3 Å². The summed E-state index contributed by atoms with van der Waals surface area (Å²) in [4.78, 5) is 21.4. The fourth-order valence-corrected chi connectivity index (χ4v) is 5.59. The summed E-state index contributed by atoms with van der Waals surface area (Å²) in [6.07, 6.45) is 8.33. The van der Waals surface area contributed by atoms with Crippen molar-refractivity contribution in [1.82, 2.24) is 18.8 Å². The molecule has 1 N–H and O–H groups in total. The Morgan fingerprint density at radius 3 is 2.53 bits per heavy atom. The van der Waals surface area contributed by atoms with Crippen LogP contribution in [0.15, 0.2) is 54.1 Å². The fourth-order valence-electron chi connectivity index (χ4n) is 3.80. The van der Waals surface area contributed by atoms with E-state index in [1.165, 1.54) is 10.4 Å². The van der Waals surface area contributed by atoms with Crippen molar-refractivity contribution in [1.29, 1.82) is 0 Å². The zero-order valence-corrected chi connectivity index (χ0v) is 19.3. The lowest BCUT2D eigenvalue weighted by atomic mass is 10.0. The van der Waals surface area contributed by atoms with Crippen LogP contribution in [-0.2, 0) is 10.0 Å². The number of nitrogens with zero attached hydrogens (tertiary/aromatic N) is 4. The van der Waals surface area contributed by atoms with Crippen molar-refractivity contribution in [3.8, 4) is 5.82 Å². The molecule has 3 heterocycles. The first-order valence-corrected chi connectivity index (χ1v) is 12.1. The number of aryl methyl sites for hydroxylation is 1. The summed E-state index contributed by atoms with van der Waals surface area (Å²) in [5.74, 6) is 0.820. The average molecular weight is 454 g/mol. The van der Waals surface area contributed by atoms with Gasteiger partial charge in [0, 0.05) is 31.0 Å². The van der Waals surface area contributed by atoms with Crippen molar-refractivity contribution < 1.29 is 13.2 Å². The van der Waals surface area contributed by atoms with E-state index in [4.69, 9.17) is 0 Å². The summed E-state index contributed by atoms with van der Waals surface area (Å²) in [5.41, 5.74) is 2.25. The Morgan fingerprint density at radius 1 is 1.16 bits per heavy atom. The summed E-state index contributed by atoms with van der Waals surface area (Å²) in [5, 5.41) is 2.81. The number of piperidine rings is 1. The molecule has 0 radical (unpaired) electrons. The molecule has 1 fully saturated rings. The van der Waals surface area contributed by atoms with E-state index in [1.807, 2.05) is 6.92 Å². The van der Waals surface area contributed by atoms with Crippen LogP contribution in [0.2, 0.25) is 0 Å². The molecule has 4 rings (SSSR count). The Balaban J connectivity index is 1.57. The lowest BCUT2D eigenvalue weighted by molar-refractivity contribution is 0.102. The van der Waals surface area contributed by atoms with E-state index in [0.29, 0.717) is 41.6 Å². The quantitative estimate of drug-likeness (QED) is 0.637. The number of carbonyl (C=O) groups is 1. The Labute approximate surface area is 188 Å². The van der Waals surface area contributed by atoms with Crippen LogP contribution >= 0.6 is 0 Å². The highest BCUT2D eigenvalue weighted by atomic mass is 32.2. The number of hydrogen-bond donors (Lipinski definition) is 1. The molecule has 0 spiro atoms. The highest BCUT2D eigenvalue weighted by Crippen LogP contribution is 2.28. The van der Waals surface area contributed by atoms with Crippen LogP contribution in [0.4, 0.5) is 5.69 Å². The SMILES string of the molecule is Cc1cc(C(=O)Nc2ccc(-n3ccnc3)nc2)cc(S(=O)(=O)N2CCC(C)CC2)c1C. The van der Waals surface area contributed by atoms with Gasteiger partial charge in [-0.15, -0.1) is 0 Å². The monoisotopic (exact) mass is 453 g/mol. The van der Waals surface area contributed by atoms with Gasteiger partial charge in [-0.25, -0.2) is 18.4 Å². The van der Waals surface area contributed by atoms with E-state index >= 15 is 0 Å². The van der Waals surface area contributed by atoms with Gasteiger partial charge in [0.2, 0.25) is 10.0 Å². The van der Waals surface area contributed by atoms with E-state index in [9.17, 15) is 13.2 Å². The van der Waals surface area contributed by atoms with Gasteiger partial charge >= 0.3 is 0 Å². The van der Waals surface area contributed by atoms with Crippen molar-refractivity contribution in [3.63, 3.8) is 0 Å². The van der Waals surface area contributed by atoms with E-state index < -0.39 is 10.0 Å². The van der Waals surface area contributed by atoms with Gasteiger partial charge in [-0.05, 0) is 68.0 Å². The van der Waals surface area contributed by atoms with Gasteiger partial charge in [-0.3, -0.25) is 9.36 Å². The predicted octanol–water partition coefficient (Wildman–Crippen LogP) is 3.56. The molecule has 0 unspecified atom stereocenters. The van der Waals surface area contributed by atoms with Gasteiger partial charge in [0.25, 0.3) is 5.91 Å². The second-order valence-electron chi connectivity index (χ2n) is 8.33. The minimum absolute atomic E-state index is 0.200. The summed E-state index contributed by atoms with van der Waals surface area (Å²) in [7, 11) is -3.67. The molecule has 0 aliphatic carbocycles. The number of aromatic nitrogens is 3. The first-order valence-electron chi connectivity index (χ1n) is 10.6. The molecule has 1 aliphatic rings. The summed E-state index contributed by atoms with van der Waals surface area (Å²) >= 11 is 0. The van der Waals surface area contributed by atoms with Gasteiger partial charge in [0.15, 0.2) is 0 Å². The number of rotatable bonds is 5. The Morgan fingerprint density at radius 2 is 1.91 bits per heavy atom. The average Bonchev–Trinajstić information content (AvgIpc) is 3.31. The van der Waals surface area contributed by atoms with E-state index in [0.717, 1.165) is 18.4 Å². The molecule has 8 nitrogen and oxygen atoms in total. The van der Waals surface area contributed by atoms with Gasteiger partial charge in [0.1, 0.15) is 12.1 Å². The Hall–Kier alpha value is -3.04. The highest BCUT2D eigenvalue weighted by Gasteiger charge is 2.30.